The lowest BCUT2D eigenvalue weighted by atomic mass is 10.00. The van der Waals surface area contributed by atoms with E-state index < -0.39 is 6.04 Å². The molecule has 1 aromatic rings. The third-order valence-electron chi connectivity index (χ3n) is 3.26. The summed E-state index contributed by atoms with van der Waals surface area (Å²) < 4.78 is 0. The van der Waals surface area contributed by atoms with Crippen molar-refractivity contribution in [2.45, 2.75) is 52.6 Å². The van der Waals surface area contributed by atoms with Crippen molar-refractivity contribution in [3.05, 3.63) is 35.4 Å². The lowest BCUT2D eigenvalue weighted by molar-refractivity contribution is -0.123. The van der Waals surface area contributed by atoms with Crippen LogP contribution in [0.4, 0.5) is 0 Å². The first kappa shape index (κ1) is 15.7. The fourth-order valence-corrected chi connectivity index (χ4v) is 2.00. The molecule has 106 valence electrons. The van der Waals surface area contributed by atoms with E-state index in [1.807, 2.05) is 13.8 Å². The van der Waals surface area contributed by atoms with Crippen molar-refractivity contribution in [1.82, 2.24) is 5.32 Å². The third-order valence-corrected chi connectivity index (χ3v) is 3.26. The zero-order chi connectivity index (χ0) is 14.4. The van der Waals surface area contributed by atoms with Crippen molar-refractivity contribution in [2.75, 3.05) is 0 Å². The minimum Gasteiger partial charge on any atom is -0.348 e. The number of benzene rings is 1. The van der Waals surface area contributed by atoms with E-state index in [4.69, 9.17) is 5.73 Å². The highest BCUT2D eigenvalue weighted by Gasteiger charge is 2.14. The number of hydrogen-bond donors (Lipinski definition) is 2. The molecule has 1 rings (SSSR count). The molecule has 0 spiro atoms. The number of carbonyl (C=O) groups is 1. The number of nitrogens with one attached hydrogen (secondary N) is 1. The van der Waals surface area contributed by atoms with E-state index >= 15 is 0 Å². The second-order valence-electron chi connectivity index (χ2n) is 5.58. The predicted molar refractivity (Wildman–Crippen MR) is 79.8 cm³/mol. The monoisotopic (exact) mass is 262 g/mol. The molecule has 0 heterocycles. The smallest absolute Gasteiger partial charge is 0.237 e. The molecule has 1 unspecified atom stereocenters. The van der Waals surface area contributed by atoms with Crippen molar-refractivity contribution < 1.29 is 4.79 Å². The molecule has 0 aliphatic heterocycles. The van der Waals surface area contributed by atoms with Crippen LogP contribution >= 0.6 is 0 Å². The average Bonchev–Trinajstić information content (AvgIpc) is 2.37. The first-order chi connectivity index (χ1) is 8.93. The van der Waals surface area contributed by atoms with Crippen LogP contribution in [0.2, 0.25) is 0 Å². The largest absolute Gasteiger partial charge is 0.348 e. The summed E-state index contributed by atoms with van der Waals surface area (Å²) in [6.07, 6.45) is 1.74. The van der Waals surface area contributed by atoms with E-state index in [2.05, 4.69) is 43.4 Å². The van der Waals surface area contributed by atoms with Crippen molar-refractivity contribution in [3.8, 4) is 0 Å². The molecular formula is C16H26N2O. The topological polar surface area (TPSA) is 55.1 Å². The number of nitrogens with two attached hydrogens (primary N) is 1. The Bertz CT molecular complexity index is 398. The molecule has 0 bridgehead atoms. The summed E-state index contributed by atoms with van der Waals surface area (Å²) in [5.41, 5.74) is 8.16. The second kappa shape index (κ2) is 7.29. The molecule has 3 N–H and O–H groups in total. The molecule has 0 saturated heterocycles. The molecule has 1 amide bonds. The van der Waals surface area contributed by atoms with Crippen molar-refractivity contribution in [1.29, 1.82) is 0 Å². The molecule has 0 aliphatic carbocycles. The van der Waals surface area contributed by atoms with Crippen LogP contribution in [0.25, 0.3) is 0 Å². The van der Waals surface area contributed by atoms with Gasteiger partial charge in [-0.25, -0.2) is 0 Å². The molecule has 19 heavy (non-hydrogen) atoms. The predicted octanol–water partition coefficient (Wildman–Crippen LogP) is 2.80. The number of carbonyl (C=O) groups excluding carboxylic acids is 1. The maximum atomic E-state index is 11.7. The fourth-order valence-electron chi connectivity index (χ4n) is 2.00. The minimum atomic E-state index is -0.414. The van der Waals surface area contributed by atoms with Gasteiger partial charge < -0.3 is 11.1 Å². The lowest BCUT2D eigenvalue weighted by Gasteiger charge is -2.17. The summed E-state index contributed by atoms with van der Waals surface area (Å²) in [6, 6.07) is 8.02. The van der Waals surface area contributed by atoms with Gasteiger partial charge in [-0.1, -0.05) is 45.0 Å². The highest BCUT2D eigenvalue weighted by atomic mass is 16.2. The third kappa shape index (κ3) is 5.03. The van der Waals surface area contributed by atoms with Gasteiger partial charge in [0.25, 0.3) is 0 Å². The lowest BCUT2D eigenvalue weighted by Crippen LogP contribution is -2.41. The van der Waals surface area contributed by atoms with Crippen LogP contribution in [0.3, 0.4) is 0 Å². The van der Waals surface area contributed by atoms with Gasteiger partial charge in [0, 0.05) is 0 Å². The quantitative estimate of drug-likeness (QED) is 0.828. The first-order valence-electron chi connectivity index (χ1n) is 7.08. The van der Waals surface area contributed by atoms with E-state index in [-0.39, 0.29) is 11.9 Å². The highest BCUT2D eigenvalue weighted by molar-refractivity contribution is 5.81. The summed E-state index contributed by atoms with van der Waals surface area (Å²) >= 11 is 0. The van der Waals surface area contributed by atoms with Gasteiger partial charge in [-0.15, -0.1) is 0 Å². The van der Waals surface area contributed by atoms with Crippen LogP contribution < -0.4 is 11.1 Å². The molecule has 0 radical (unpaired) electrons. The van der Waals surface area contributed by atoms with Gasteiger partial charge in [-0.05, 0) is 36.8 Å². The number of hydrogen-bond acceptors (Lipinski definition) is 2. The van der Waals surface area contributed by atoms with Gasteiger partial charge in [0.2, 0.25) is 5.91 Å². The van der Waals surface area contributed by atoms with Crippen LogP contribution in [0.15, 0.2) is 24.3 Å². The van der Waals surface area contributed by atoms with Gasteiger partial charge in [-0.2, -0.15) is 0 Å². The SMILES string of the molecule is CC[C@@H](N)C(=O)NC(C)c1ccc(CC(C)C)cc1. The van der Waals surface area contributed by atoms with Gasteiger partial charge in [-0.3, -0.25) is 4.79 Å². The second-order valence-corrected chi connectivity index (χ2v) is 5.58. The minimum absolute atomic E-state index is 0.00167. The summed E-state index contributed by atoms with van der Waals surface area (Å²) in [5.74, 6) is 0.576. The highest BCUT2D eigenvalue weighted by Crippen LogP contribution is 2.15. The summed E-state index contributed by atoms with van der Waals surface area (Å²) in [4.78, 5) is 11.7. The Morgan fingerprint density at radius 2 is 1.79 bits per heavy atom. The molecular weight excluding hydrogens is 236 g/mol. The van der Waals surface area contributed by atoms with Crippen molar-refractivity contribution in [2.24, 2.45) is 11.7 Å². The Kier molecular flexibility index (Phi) is 6.03. The molecule has 3 nitrogen and oxygen atoms in total. The van der Waals surface area contributed by atoms with Crippen LogP contribution in [0, 0.1) is 5.92 Å². The van der Waals surface area contributed by atoms with Gasteiger partial charge in [0.05, 0.1) is 12.1 Å². The Morgan fingerprint density at radius 3 is 2.26 bits per heavy atom. The summed E-state index contributed by atoms with van der Waals surface area (Å²) in [5, 5.41) is 2.94. The zero-order valence-electron chi connectivity index (χ0n) is 12.4. The van der Waals surface area contributed by atoms with Crippen LogP contribution in [0.1, 0.15) is 51.3 Å². The zero-order valence-corrected chi connectivity index (χ0v) is 12.4. The Morgan fingerprint density at radius 1 is 1.21 bits per heavy atom. The van der Waals surface area contributed by atoms with E-state index in [0.717, 1.165) is 12.0 Å². The first-order valence-corrected chi connectivity index (χ1v) is 7.08. The molecule has 0 saturated carbocycles. The number of rotatable bonds is 6. The summed E-state index contributed by atoms with van der Waals surface area (Å²) in [6.45, 7) is 8.32. The Hall–Kier alpha value is -1.35. The van der Waals surface area contributed by atoms with Gasteiger partial charge in [0.15, 0.2) is 0 Å². The normalized spacial score (nSPS) is 14.2. The maximum Gasteiger partial charge on any atom is 0.237 e. The Labute approximate surface area is 116 Å². The van der Waals surface area contributed by atoms with Gasteiger partial charge in [0.1, 0.15) is 0 Å². The van der Waals surface area contributed by atoms with E-state index in [1.54, 1.807) is 0 Å². The van der Waals surface area contributed by atoms with Crippen LogP contribution in [-0.4, -0.2) is 11.9 Å². The van der Waals surface area contributed by atoms with Crippen LogP contribution in [0.5, 0.6) is 0 Å². The summed E-state index contributed by atoms with van der Waals surface area (Å²) in [7, 11) is 0. The standard InChI is InChI=1S/C16H26N2O/c1-5-15(17)16(19)18-12(4)14-8-6-13(7-9-14)10-11(2)3/h6-9,11-12,15H,5,10,17H2,1-4H3,(H,18,19)/t12?,15-/m1/s1. The molecule has 0 aromatic heterocycles. The van der Waals surface area contributed by atoms with Gasteiger partial charge >= 0.3 is 0 Å². The molecule has 0 aliphatic rings. The van der Waals surface area contributed by atoms with Crippen LogP contribution in [-0.2, 0) is 11.2 Å². The van der Waals surface area contributed by atoms with Crippen molar-refractivity contribution in [3.63, 3.8) is 0 Å². The molecule has 2 atom stereocenters. The fraction of sp³-hybridized carbons (Fsp3) is 0.562. The van der Waals surface area contributed by atoms with E-state index in [0.29, 0.717) is 12.3 Å². The maximum absolute atomic E-state index is 11.7. The molecule has 3 heteroatoms. The van der Waals surface area contributed by atoms with Crippen molar-refractivity contribution >= 4 is 5.91 Å². The molecule has 1 aromatic carbocycles. The Balaban J connectivity index is 2.62. The molecule has 0 fully saturated rings. The average molecular weight is 262 g/mol. The van der Waals surface area contributed by atoms with E-state index in [1.165, 1.54) is 5.56 Å². The number of amides is 1. The van der Waals surface area contributed by atoms with E-state index in [9.17, 15) is 4.79 Å².